The number of carbonyl (C=O) groups is 7. The molecule has 15 nitrogen and oxygen atoms in total. The van der Waals surface area contributed by atoms with Gasteiger partial charge in [0.15, 0.2) is 0 Å². The smallest absolute Gasteiger partial charge is 0.322 e. The van der Waals surface area contributed by atoms with E-state index in [0.717, 1.165) is 5.69 Å². The van der Waals surface area contributed by atoms with Crippen LogP contribution in [0.1, 0.15) is 156 Å². The summed E-state index contributed by atoms with van der Waals surface area (Å²) >= 11 is 0. The number of carbonyl (C=O) groups excluding carboxylic acids is 6. The number of carboxylic acids is 1. The lowest BCUT2D eigenvalue weighted by Crippen LogP contribution is -2.54. The maximum absolute atomic E-state index is 12.8. The van der Waals surface area contributed by atoms with E-state index in [-0.39, 0.29) is 42.2 Å². The fourth-order valence-electron chi connectivity index (χ4n) is 4.86. The van der Waals surface area contributed by atoms with E-state index >= 15 is 0 Å². The van der Waals surface area contributed by atoms with E-state index in [1.54, 1.807) is 31.6 Å². The highest BCUT2D eigenvalue weighted by atomic mass is 16.4. The lowest BCUT2D eigenvalue weighted by Gasteiger charge is -2.33. The molecule has 4 unspecified atom stereocenters. The third-order valence-electron chi connectivity index (χ3n) is 8.43. The Morgan fingerprint density at radius 1 is 0.953 bits per heavy atom. The zero-order chi connectivity index (χ0) is 51.4. The second kappa shape index (κ2) is 45.8. The number of hydrogen-bond donors (Lipinski definition) is 4. The van der Waals surface area contributed by atoms with Gasteiger partial charge in [0.2, 0.25) is 30.4 Å². The Hall–Kier alpha value is -5.21. The third-order valence-corrected chi connectivity index (χ3v) is 8.43. The van der Waals surface area contributed by atoms with Crippen molar-refractivity contribution in [3.05, 3.63) is 60.7 Å². The fraction of sp³-hybridized carbons (Fsp3) is 0.653. The molecule has 0 spiro atoms. The Bertz CT molecular complexity index is 1440. The van der Waals surface area contributed by atoms with Crippen molar-refractivity contribution in [2.75, 3.05) is 19.6 Å². The molecule has 2 rings (SSSR count). The summed E-state index contributed by atoms with van der Waals surface area (Å²) in [6.07, 6.45) is 16.0. The molecular weight excluding hydrogens is 815 g/mol. The molecule has 370 valence electrons. The molecule has 1 fully saturated rings. The normalized spacial score (nSPS) is 13.2. The molecule has 0 aliphatic carbocycles. The molecule has 1 aromatic heterocycles. The highest BCUT2D eigenvalue weighted by Crippen LogP contribution is 2.21. The minimum absolute atomic E-state index is 0.0123. The number of nitrogens with one attached hydrogen (secondary N) is 3. The number of likely N-dealkylation sites (N-methyl/N-ethyl adjacent to an activating group) is 1. The summed E-state index contributed by atoms with van der Waals surface area (Å²) in [6, 6.07) is -1.98. The first-order valence-electron chi connectivity index (χ1n) is 22.9. The number of nitrogens with zero attached hydrogens (tertiary/aromatic N) is 4. The van der Waals surface area contributed by atoms with Crippen LogP contribution in [-0.4, -0.2) is 111 Å². The first kappa shape index (κ1) is 70.5. The number of Topliss-reactive ketones (excluding diaryl/α,β-unsaturated/α-hetero) is 1. The van der Waals surface area contributed by atoms with Crippen LogP contribution in [0.4, 0.5) is 0 Å². The van der Waals surface area contributed by atoms with Crippen molar-refractivity contribution in [2.24, 2.45) is 11.3 Å². The average molecular weight is 906 g/mol. The lowest BCUT2D eigenvalue weighted by molar-refractivity contribution is -0.149. The molecule has 1 saturated heterocycles. The molecule has 2 heterocycles. The Balaban J connectivity index is -0.000000184. The molecule has 4 atom stereocenters. The van der Waals surface area contributed by atoms with Crippen LogP contribution < -0.4 is 16.0 Å². The Morgan fingerprint density at radius 2 is 1.52 bits per heavy atom. The fourth-order valence-corrected chi connectivity index (χ4v) is 4.86. The van der Waals surface area contributed by atoms with Gasteiger partial charge in [-0.15, -0.1) is 0 Å². The van der Waals surface area contributed by atoms with Gasteiger partial charge in [0, 0.05) is 37.7 Å². The highest BCUT2D eigenvalue weighted by Gasteiger charge is 2.38. The van der Waals surface area contributed by atoms with Gasteiger partial charge in [0.05, 0.1) is 5.69 Å². The van der Waals surface area contributed by atoms with Crippen LogP contribution in [0.3, 0.4) is 0 Å². The molecule has 0 radical (unpaired) electrons. The summed E-state index contributed by atoms with van der Waals surface area (Å²) in [6.45, 7) is 41.1. The number of rotatable bonds is 17. The summed E-state index contributed by atoms with van der Waals surface area (Å²) in [5, 5.41) is 16.1. The van der Waals surface area contributed by atoms with Gasteiger partial charge in [-0.3, -0.25) is 43.5 Å². The summed E-state index contributed by atoms with van der Waals surface area (Å²) in [4.78, 5) is 91.6. The van der Waals surface area contributed by atoms with Crippen LogP contribution in [0.5, 0.6) is 0 Å². The van der Waals surface area contributed by atoms with E-state index in [9.17, 15) is 33.6 Å². The van der Waals surface area contributed by atoms with Gasteiger partial charge in [-0.1, -0.05) is 140 Å². The van der Waals surface area contributed by atoms with Crippen LogP contribution in [-0.2, 0) is 33.6 Å². The second-order valence-corrected chi connectivity index (χ2v) is 14.7. The van der Waals surface area contributed by atoms with E-state index in [1.165, 1.54) is 15.4 Å². The summed E-state index contributed by atoms with van der Waals surface area (Å²) in [7, 11) is 0. The molecule has 4 N–H and O–H groups in total. The molecular formula is C49H91N7O8. The van der Waals surface area contributed by atoms with Crippen molar-refractivity contribution >= 4 is 42.3 Å². The number of aliphatic carboxylic acids is 1. The van der Waals surface area contributed by atoms with Crippen molar-refractivity contribution in [3.63, 3.8) is 0 Å². The molecule has 1 aliphatic rings. The van der Waals surface area contributed by atoms with Crippen molar-refractivity contribution in [2.45, 2.75) is 181 Å². The molecule has 5 amide bonds. The number of aromatic nitrogens is 2. The van der Waals surface area contributed by atoms with E-state index in [4.69, 9.17) is 5.11 Å². The predicted molar refractivity (Wildman–Crippen MR) is 263 cm³/mol. The van der Waals surface area contributed by atoms with E-state index < -0.39 is 42.3 Å². The Morgan fingerprint density at radius 3 is 1.88 bits per heavy atom. The average Bonchev–Trinajstić information content (AvgIpc) is 3.77. The van der Waals surface area contributed by atoms with E-state index in [1.807, 2.05) is 114 Å². The van der Waals surface area contributed by atoms with Crippen LogP contribution >= 0.6 is 0 Å². The number of likely N-dealkylation sites (tertiary alicyclic amines) is 1. The molecule has 0 saturated carbocycles. The van der Waals surface area contributed by atoms with Crippen LogP contribution in [0.2, 0.25) is 0 Å². The van der Waals surface area contributed by atoms with Crippen molar-refractivity contribution in [1.29, 1.82) is 0 Å². The molecule has 1 aromatic rings. The maximum Gasteiger partial charge on any atom is 0.322 e. The second-order valence-electron chi connectivity index (χ2n) is 14.7. The summed E-state index contributed by atoms with van der Waals surface area (Å²) in [5.41, 5.74) is 2.28. The van der Waals surface area contributed by atoms with Crippen LogP contribution in [0.15, 0.2) is 55.0 Å². The van der Waals surface area contributed by atoms with Crippen molar-refractivity contribution in [3.8, 4) is 0 Å². The largest absolute Gasteiger partial charge is 0.480 e. The van der Waals surface area contributed by atoms with Crippen molar-refractivity contribution < 1.29 is 38.7 Å². The number of hydrogen-bond acceptors (Lipinski definition) is 9. The van der Waals surface area contributed by atoms with Crippen molar-refractivity contribution in [1.82, 2.24) is 35.7 Å². The number of ketones is 1. The zero-order valence-corrected chi connectivity index (χ0v) is 43.3. The minimum Gasteiger partial charge on any atom is -0.480 e. The topological polar surface area (TPSA) is 208 Å². The predicted octanol–water partition coefficient (Wildman–Crippen LogP) is 8.29. The Labute approximate surface area is 388 Å². The van der Waals surface area contributed by atoms with Gasteiger partial charge >= 0.3 is 5.97 Å². The monoisotopic (exact) mass is 906 g/mol. The Kier molecular flexibility index (Phi) is 50.4. The molecule has 0 aromatic carbocycles. The van der Waals surface area contributed by atoms with Gasteiger partial charge < -0.3 is 30.9 Å². The molecule has 1 aliphatic heterocycles. The number of aryl methyl sites for hydroxylation is 1. The van der Waals surface area contributed by atoms with Gasteiger partial charge in [-0.05, 0) is 65.2 Å². The number of carboxylic acid groups (broad SMARTS) is 1. The minimum atomic E-state index is -1.26. The SMILES string of the molecule is C=C/C=C\C=C(C)C.CC.CC.CC.CC.CC(C)C(NC=O)C(=O)NC(C)C(C)(C)C.CCCC(C(=O)C(=O)NCC(=O)O)N(CC)C(=O)C1CCCN1C=O.Cc1cnccn1. The summed E-state index contributed by atoms with van der Waals surface area (Å²) < 4.78 is 0. The molecule has 0 bridgehead atoms. The maximum atomic E-state index is 12.8. The van der Waals surface area contributed by atoms with Gasteiger partial charge in [-0.2, -0.15) is 0 Å². The van der Waals surface area contributed by atoms with E-state index in [2.05, 4.69) is 61.8 Å². The molecule has 64 heavy (non-hydrogen) atoms. The summed E-state index contributed by atoms with van der Waals surface area (Å²) in [5.74, 6) is -3.52. The zero-order valence-electron chi connectivity index (χ0n) is 43.3. The molecule has 15 heteroatoms. The third kappa shape index (κ3) is 35.3. The van der Waals surface area contributed by atoms with Gasteiger partial charge in [0.25, 0.3) is 5.91 Å². The first-order valence-corrected chi connectivity index (χ1v) is 22.9. The van der Waals surface area contributed by atoms with Crippen LogP contribution in [0.25, 0.3) is 0 Å². The highest BCUT2D eigenvalue weighted by molar-refractivity contribution is 6.38. The van der Waals surface area contributed by atoms with Gasteiger partial charge in [0.1, 0.15) is 24.7 Å². The van der Waals surface area contributed by atoms with Crippen LogP contribution in [0, 0.1) is 18.3 Å². The first-order chi connectivity index (χ1) is 30.2. The van der Waals surface area contributed by atoms with Gasteiger partial charge in [-0.25, -0.2) is 0 Å². The lowest BCUT2D eigenvalue weighted by atomic mass is 9.87. The van der Waals surface area contributed by atoms with E-state index in [0.29, 0.717) is 38.6 Å². The quantitative estimate of drug-likeness (QED) is 0.0668. The standard InChI is InChI=1S/C16H25N3O6.C12H24N2O2.C8H12.C5H6N2.4C2H6/c1-3-6-11(14(23)15(24)17-9-13(21)22)19(4-2)16(25)12-7-5-8-18(12)10-20;1-8(2)10(13-7-15)11(16)14-9(3)12(4,5)6;1-4-5-6-7-8(2)3;1-5-4-6-2-3-7-5;4*1-2/h10-12H,3-9H2,1-2H3,(H,17,24)(H,21,22);7-10H,1-6H3,(H,13,15)(H,14,16);4-7H,1H2,2-3H3;2-4H,1H3;4*1-2H3/b;;6-5-;;;;;. The number of amides is 5. The number of allylic oxidation sites excluding steroid dienone is 5.